The lowest BCUT2D eigenvalue weighted by Gasteiger charge is -2.28. The predicted octanol–water partition coefficient (Wildman–Crippen LogP) is 1.90. The van der Waals surface area contributed by atoms with E-state index in [0.717, 1.165) is 10.6 Å². The Morgan fingerprint density at radius 1 is 1.38 bits per heavy atom. The lowest BCUT2D eigenvalue weighted by atomic mass is 9.99. The Labute approximate surface area is 176 Å². The molecule has 1 saturated heterocycles. The molecule has 4 rings (SSSR count). The van der Waals surface area contributed by atoms with Gasteiger partial charge < -0.3 is 15.0 Å². The molecule has 2 aromatic rings. The number of nitrogens with zero attached hydrogens (tertiary/aromatic N) is 3. The molecule has 2 unspecified atom stereocenters. The largest absolute Gasteiger partial charge is 0.467 e. The first kappa shape index (κ1) is 19.7. The zero-order valence-electron chi connectivity index (χ0n) is 15.4. The highest BCUT2D eigenvalue weighted by atomic mass is 32.1. The Bertz CT molecular complexity index is 951. The van der Waals surface area contributed by atoms with Gasteiger partial charge in [0.2, 0.25) is 0 Å². The van der Waals surface area contributed by atoms with Crippen molar-refractivity contribution in [2.24, 2.45) is 0 Å². The van der Waals surface area contributed by atoms with Crippen molar-refractivity contribution < 1.29 is 23.4 Å². The smallest absolute Gasteiger partial charge is 0.346 e. The Hall–Kier alpha value is -2.63. The maximum atomic E-state index is 12.7. The van der Waals surface area contributed by atoms with Gasteiger partial charge in [-0.05, 0) is 35.7 Å². The van der Waals surface area contributed by atoms with E-state index >= 15 is 0 Å². The first-order valence-corrected chi connectivity index (χ1v) is 10.0. The van der Waals surface area contributed by atoms with Crippen LogP contribution < -0.4 is 5.32 Å². The topological polar surface area (TPSA) is 101 Å². The van der Waals surface area contributed by atoms with E-state index in [1.807, 2.05) is 12.1 Å². The van der Waals surface area contributed by atoms with Crippen molar-refractivity contribution in [1.29, 1.82) is 0 Å². The van der Waals surface area contributed by atoms with E-state index in [9.17, 15) is 14.4 Å². The molecule has 0 saturated carbocycles. The van der Waals surface area contributed by atoms with Crippen molar-refractivity contribution in [2.45, 2.75) is 18.5 Å². The van der Waals surface area contributed by atoms with Crippen molar-refractivity contribution in [1.82, 2.24) is 20.3 Å². The molecule has 1 N–H and O–H groups in total. The summed E-state index contributed by atoms with van der Waals surface area (Å²) >= 11 is 4.94. The third-order valence-electron chi connectivity index (χ3n) is 4.98. The fraction of sp³-hybridized carbons (Fsp3) is 0.333. The van der Waals surface area contributed by atoms with Crippen LogP contribution in [0.5, 0.6) is 0 Å². The maximum Gasteiger partial charge on any atom is 0.346 e. The van der Waals surface area contributed by atoms with Crippen LogP contribution in [0.1, 0.15) is 37.8 Å². The number of thiol groups is 1. The molecule has 0 spiro atoms. The molecule has 0 radical (unpaired) electrons. The van der Waals surface area contributed by atoms with Gasteiger partial charge in [0, 0.05) is 36.7 Å². The highest BCUT2D eigenvalue weighted by Gasteiger charge is 2.52. The molecule has 9 nitrogen and oxygen atoms in total. The van der Waals surface area contributed by atoms with Crippen LogP contribution in [-0.2, 0) is 20.2 Å². The number of hydroxylamine groups is 2. The monoisotopic (exact) mass is 434 g/mol. The van der Waals surface area contributed by atoms with Gasteiger partial charge in [-0.25, -0.2) is 13.9 Å². The summed E-state index contributed by atoms with van der Waals surface area (Å²) in [5, 5.41) is 3.99. The summed E-state index contributed by atoms with van der Waals surface area (Å²) < 4.78 is 9.81. The summed E-state index contributed by atoms with van der Waals surface area (Å²) in [6.45, 7) is 0.720. The molecular weight excluding hydrogens is 416 g/mol. The third kappa shape index (κ3) is 3.45. The van der Waals surface area contributed by atoms with Crippen LogP contribution in [0.25, 0.3) is 0 Å². The number of pyridine rings is 1. The zero-order valence-corrected chi connectivity index (χ0v) is 17.1. The molecule has 1 fully saturated rings. The second-order valence-electron chi connectivity index (χ2n) is 6.58. The number of fused-ring (bicyclic) bond motifs is 4. The van der Waals surface area contributed by atoms with Crippen LogP contribution in [-0.4, -0.2) is 53.1 Å². The van der Waals surface area contributed by atoms with E-state index in [-0.39, 0.29) is 12.5 Å². The second kappa shape index (κ2) is 8.01. The predicted molar refractivity (Wildman–Crippen MR) is 106 cm³/mol. The molecule has 0 aromatic carbocycles. The highest BCUT2D eigenvalue weighted by molar-refractivity contribution is 7.75. The number of nitrogens with one attached hydrogen (secondary N) is 1. The summed E-state index contributed by atoms with van der Waals surface area (Å²) in [7, 11) is 1.27. The number of aromatic nitrogens is 1. The Kier molecular flexibility index (Phi) is 5.43. The van der Waals surface area contributed by atoms with Gasteiger partial charge in [-0.15, -0.1) is 11.3 Å². The molecule has 3 amide bonds. The number of thiophene rings is 1. The van der Waals surface area contributed by atoms with Crippen molar-refractivity contribution in [3.63, 3.8) is 0 Å². The van der Waals surface area contributed by atoms with Crippen molar-refractivity contribution in [3.8, 4) is 0 Å². The number of hydrogen-bond donors (Lipinski definition) is 2. The van der Waals surface area contributed by atoms with E-state index in [4.69, 9.17) is 9.02 Å². The average molecular weight is 434 g/mol. The van der Waals surface area contributed by atoms with Gasteiger partial charge >= 0.3 is 12.0 Å². The molecular formula is C18H18N4O5S2. The summed E-state index contributed by atoms with van der Waals surface area (Å²) in [5.74, 6) is -0.803. The van der Waals surface area contributed by atoms with E-state index in [0.29, 0.717) is 28.3 Å². The van der Waals surface area contributed by atoms with Gasteiger partial charge in [0.05, 0.1) is 18.5 Å². The van der Waals surface area contributed by atoms with Gasteiger partial charge in [0.1, 0.15) is 6.04 Å². The van der Waals surface area contributed by atoms with Gasteiger partial charge in [-0.3, -0.25) is 9.78 Å². The standard InChI is InChI=1S/C18H18N4O5S2/c1-26-17(24)14-15-11(12-9-21(14)18(25)22(12)27-28)8-13(29-15)16(23)20-7-4-10-2-5-19-6-3-10/h2-3,5-6,8,12,14,28H,4,7,9H2,1H3,(H,20,23). The fourth-order valence-corrected chi connectivity index (χ4v) is 5.00. The number of ether oxygens (including phenoxy) is 1. The van der Waals surface area contributed by atoms with Crippen LogP contribution in [0.2, 0.25) is 0 Å². The normalized spacial score (nSPS) is 19.9. The Morgan fingerprint density at radius 3 is 2.83 bits per heavy atom. The number of hydrogen-bond acceptors (Lipinski definition) is 8. The molecule has 29 heavy (non-hydrogen) atoms. The van der Waals surface area contributed by atoms with Crippen LogP contribution in [0.3, 0.4) is 0 Å². The van der Waals surface area contributed by atoms with E-state index in [2.05, 4.69) is 23.2 Å². The summed E-state index contributed by atoms with van der Waals surface area (Å²) in [6, 6.07) is 3.68. The van der Waals surface area contributed by atoms with Crippen LogP contribution in [0, 0.1) is 0 Å². The highest BCUT2D eigenvalue weighted by Crippen LogP contribution is 2.48. The minimum atomic E-state index is -0.907. The van der Waals surface area contributed by atoms with E-state index < -0.39 is 24.1 Å². The van der Waals surface area contributed by atoms with Gasteiger partial charge in [0.15, 0.2) is 6.04 Å². The van der Waals surface area contributed by atoms with E-state index in [1.54, 1.807) is 18.5 Å². The number of amides is 3. The maximum absolute atomic E-state index is 12.7. The number of carbonyl (C=O) groups excluding carboxylic acids is 3. The summed E-state index contributed by atoms with van der Waals surface area (Å²) in [4.78, 5) is 43.9. The van der Waals surface area contributed by atoms with Gasteiger partial charge in [-0.2, -0.15) is 5.06 Å². The molecule has 152 valence electrons. The van der Waals surface area contributed by atoms with Crippen LogP contribution >= 0.6 is 24.2 Å². The van der Waals surface area contributed by atoms with Gasteiger partial charge in [0.25, 0.3) is 5.91 Å². The van der Waals surface area contributed by atoms with Crippen LogP contribution in [0.15, 0.2) is 30.6 Å². The molecule has 4 heterocycles. The Morgan fingerprint density at radius 2 is 2.14 bits per heavy atom. The average Bonchev–Trinajstić information content (AvgIpc) is 3.30. The fourth-order valence-electron chi connectivity index (χ4n) is 3.58. The summed E-state index contributed by atoms with van der Waals surface area (Å²) in [5.41, 5.74) is 1.77. The number of urea groups is 1. The van der Waals surface area contributed by atoms with Gasteiger partial charge in [-0.1, -0.05) is 0 Å². The minimum absolute atomic E-state index is 0.238. The lowest BCUT2D eigenvalue weighted by Crippen LogP contribution is -2.38. The van der Waals surface area contributed by atoms with Crippen molar-refractivity contribution in [3.05, 3.63) is 51.5 Å². The molecule has 2 aliphatic rings. The molecule has 0 aliphatic carbocycles. The molecule has 2 atom stereocenters. The first-order chi connectivity index (χ1) is 14.0. The SMILES string of the molecule is COC(=O)C1c2sc(C(=O)NCCc3ccncc3)cc2C2CN1C(=O)N2OS. The minimum Gasteiger partial charge on any atom is -0.467 e. The van der Waals surface area contributed by atoms with Crippen molar-refractivity contribution >= 4 is 42.2 Å². The lowest BCUT2D eigenvalue weighted by molar-refractivity contribution is -0.146. The number of methoxy groups -OCH3 is 1. The molecule has 2 aliphatic heterocycles. The number of esters is 1. The number of carbonyl (C=O) groups is 3. The molecule has 11 heteroatoms. The quantitative estimate of drug-likeness (QED) is 0.409. The first-order valence-electron chi connectivity index (χ1n) is 8.85. The molecule has 2 aromatic heterocycles. The van der Waals surface area contributed by atoms with E-state index in [1.165, 1.54) is 23.3 Å². The van der Waals surface area contributed by atoms with Crippen LogP contribution in [0.4, 0.5) is 4.79 Å². The molecule has 2 bridgehead atoms. The summed E-state index contributed by atoms with van der Waals surface area (Å²) in [6.07, 6.45) is 4.09. The van der Waals surface area contributed by atoms with Crippen molar-refractivity contribution in [2.75, 3.05) is 20.2 Å². The second-order valence-corrected chi connectivity index (χ2v) is 7.82. The Balaban J connectivity index is 1.55. The zero-order chi connectivity index (χ0) is 20.5. The third-order valence-corrected chi connectivity index (χ3v) is 6.36. The number of rotatable bonds is 6.